The lowest BCUT2D eigenvalue weighted by atomic mass is 10.0. The van der Waals surface area contributed by atoms with Crippen molar-refractivity contribution in [1.29, 1.82) is 0 Å². The Morgan fingerprint density at radius 3 is 2.61 bits per heavy atom. The number of thiazole rings is 1. The number of carbonyl (C=O) groups is 2. The van der Waals surface area contributed by atoms with Gasteiger partial charge in [0.2, 0.25) is 5.91 Å². The Labute approximate surface area is 110 Å². The first kappa shape index (κ1) is 14.6. The Bertz CT molecular complexity index is 429. The summed E-state index contributed by atoms with van der Waals surface area (Å²) in [5.74, 6) is -0.999. The molecule has 1 atom stereocenters. The molecule has 0 aromatic carbocycles. The molecule has 5 nitrogen and oxygen atoms in total. The van der Waals surface area contributed by atoms with Crippen molar-refractivity contribution in [2.75, 3.05) is 0 Å². The van der Waals surface area contributed by atoms with Gasteiger partial charge in [0.15, 0.2) is 0 Å². The van der Waals surface area contributed by atoms with Crippen molar-refractivity contribution in [2.24, 2.45) is 5.92 Å². The molecule has 0 radical (unpaired) electrons. The molecule has 1 rings (SSSR count). The van der Waals surface area contributed by atoms with Crippen LogP contribution in [-0.2, 0) is 16.0 Å². The molecule has 1 unspecified atom stereocenters. The number of amides is 1. The van der Waals surface area contributed by atoms with Crippen LogP contribution in [0.25, 0.3) is 0 Å². The highest BCUT2D eigenvalue weighted by Gasteiger charge is 2.19. The highest BCUT2D eigenvalue weighted by molar-refractivity contribution is 7.09. The third-order valence-electron chi connectivity index (χ3n) is 2.55. The minimum atomic E-state index is -0.904. The Balaban J connectivity index is 2.53. The summed E-state index contributed by atoms with van der Waals surface area (Å²) in [5, 5.41) is 14.3. The molecule has 1 heterocycles. The van der Waals surface area contributed by atoms with Crippen molar-refractivity contribution < 1.29 is 14.7 Å². The quantitative estimate of drug-likeness (QED) is 0.823. The van der Waals surface area contributed by atoms with Gasteiger partial charge in [-0.05, 0) is 12.8 Å². The highest BCUT2D eigenvalue weighted by Crippen LogP contribution is 2.10. The monoisotopic (exact) mass is 270 g/mol. The molecular weight excluding hydrogens is 252 g/mol. The maximum Gasteiger partial charge on any atom is 0.305 e. The fourth-order valence-electron chi connectivity index (χ4n) is 1.55. The molecule has 0 bridgehead atoms. The summed E-state index contributed by atoms with van der Waals surface area (Å²) in [6.07, 6.45) is 0.146. The van der Waals surface area contributed by atoms with E-state index in [9.17, 15) is 9.59 Å². The van der Waals surface area contributed by atoms with Crippen LogP contribution in [0.1, 0.15) is 31.0 Å². The average molecular weight is 270 g/mol. The zero-order chi connectivity index (χ0) is 13.7. The average Bonchev–Trinajstić information content (AvgIpc) is 2.62. The third-order valence-corrected chi connectivity index (χ3v) is 3.38. The smallest absolute Gasteiger partial charge is 0.305 e. The SMILES string of the molecule is Cc1nc(CC(=O)NC(CC(=O)O)C(C)C)cs1. The van der Waals surface area contributed by atoms with Gasteiger partial charge in [-0.15, -0.1) is 11.3 Å². The molecule has 1 aromatic rings. The van der Waals surface area contributed by atoms with E-state index in [1.165, 1.54) is 11.3 Å². The molecule has 1 aromatic heterocycles. The summed E-state index contributed by atoms with van der Waals surface area (Å²) in [7, 11) is 0. The molecule has 0 spiro atoms. The van der Waals surface area contributed by atoms with E-state index in [0.29, 0.717) is 0 Å². The van der Waals surface area contributed by atoms with Gasteiger partial charge in [0.25, 0.3) is 0 Å². The van der Waals surface area contributed by atoms with Crippen LogP contribution in [0.15, 0.2) is 5.38 Å². The van der Waals surface area contributed by atoms with Gasteiger partial charge in [-0.2, -0.15) is 0 Å². The number of carbonyl (C=O) groups excluding carboxylic acids is 1. The standard InChI is InChI=1S/C12H18N2O3S/c1-7(2)10(5-12(16)17)14-11(15)4-9-6-18-8(3)13-9/h6-7,10H,4-5H2,1-3H3,(H,14,15)(H,16,17). The lowest BCUT2D eigenvalue weighted by Gasteiger charge is -2.20. The second kappa shape index (κ2) is 6.49. The van der Waals surface area contributed by atoms with Crippen molar-refractivity contribution in [3.05, 3.63) is 16.1 Å². The molecular formula is C12H18N2O3S. The largest absolute Gasteiger partial charge is 0.481 e. The number of carboxylic acid groups (broad SMARTS) is 1. The first-order chi connectivity index (χ1) is 8.38. The summed E-state index contributed by atoms with van der Waals surface area (Å²) in [5.41, 5.74) is 0.729. The van der Waals surface area contributed by atoms with Crippen molar-refractivity contribution in [1.82, 2.24) is 10.3 Å². The number of nitrogens with one attached hydrogen (secondary N) is 1. The summed E-state index contributed by atoms with van der Waals surface area (Å²) >= 11 is 1.50. The van der Waals surface area contributed by atoms with Gasteiger partial charge in [0.05, 0.1) is 23.5 Å². The fraction of sp³-hybridized carbons (Fsp3) is 0.583. The first-order valence-corrected chi connectivity index (χ1v) is 6.68. The molecule has 100 valence electrons. The van der Waals surface area contributed by atoms with Crippen LogP contribution < -0.4 is 5.32 Å². The molecule has 0 aliphatic rings. The lowest BCUT2D eigenvalue weighted by molar-refractivity contribution is -0.138. The first-order valence-electron chi connectivity index (χ1n) is 5.80. The second-order valence-corrected chi connectivity index (χ2v) is 5.61. The van der Waals surface area contributed by atoms with Crippen molar-refractivity contribution in [3.63, 3.8) is 0 Å². The van der Waals surface area contributed by atoms with Gasteiger partial charge in [-0.3, -0.25) is 9.59 Å². The normalized spacial score (nSPS) is 12.4. The van der Waals surface area contributed by atoms with Gasteiger partial charge in [0, 0.05) is 11.4 Å². The number of aryl methyl sites for hydroxylation is 1. The molecule has 0 aliphatic carbocycles. The maximum atomic E-state index is 11.8. The van der Waals surface area contributed by atoms with Gasteiger partial charge in [-0.1, -0.05) is 13.8 Å². The molecule has 0 aliphatic heterocycles. The Morgan fingerprint density at radius 2 is 2.17 bits per heavy atom. The van der Waals surface area contributed by atoms with E-state index < -0.39 is 5.97 Å². The maximum absolute atomic E-state index is 11.8. The van der Waals surface area contributed by atoms with E-state index in [-0.39, 0.29) is 30.7 Å². The number of aliphatic carboxylic acids is 1. The van der Waals surface area contributed by atoms with Crippen LogP contribution in [0, 0.1) is 12.8 Å². The molecule has 0 saturated heterocycles. The summed E-state index contributed by atoms with van der Waals surface area (Å²) in [6, 6.07) is -0.338. The minimum absolute atomic E-state index is 0.0561. The molecule has 1 amide bonds. The van der Waals surface area contributed by atoms with Gasteiger partial charge in [0.1, 0.15) is 0 Å². The van der Waals surface area contributed by atoms with Crippen molar-refractivity contribution in [3.8, 4) is 0 Å². The second-order valence-electron chi connectivity index (χ2n) is 4.55. The van der Waals surface area contributed by atoms with Crippen LogP contribution >= 0.6 is 11.3 Å². The number of aromatic nitrogens is 1. The molecule has 2 N–H and O–H groups in total. The van der Waals surface area contributed by atoms with Crippen LogP contribution in [0.4, 0.5) is 0 Å². The zero-order valence-corrected chi connectivity index (χ0v) is 11.6. The van der Waals surface area contributed by atoms with E-state index in [1.807, 2.05) is 26.2 Å². The van der Waals surface area contributed by atoms with Crippen LogP contribution in [0.3, 0.4) is 0 Å². The number of carboxylic acids is 1. The van der Waals surface area contributed by atoms with E-state index in [1.54, 1.807) is 0 Å². The van der Waals surface area contributed by atoms with E-state index in [2.05, 4.69) is 10.3 Å². The Hall–Kier alpha value is -1.43. The number of hydrogen-bond donors (Lipinski definition) is 2. The lowest BCUT2D eigenvalue weighted by Crippen LogP contribution is -2.40. The molecule has 18 heavy (non-hydrogen) atoms. The topological polar surface area (TPSA) is 79.3 Å². The number of rotatable bonds is 6. The fourth-order valence-corrected chi connectivity index (χ4v) is 2.17. The number of nitrogens with zero attached hydrogens (tertiary/aromatic N) is 1. The van der Waals surface area contributed by atoms with Crippen LogP contribution in [0.2, 0.25) is 0 Å². The Morgan fingerprint density at radius 1 is 1.50 bits per heavy atom. The molecule has 6 heteroatoms. The van der Waals surface area contributed by atoms with Crippen LogP contribution in [0.5, 0.6) is 0 Å². The van der Waals surface area contributed by atoms with Gasteiger partial charge >= 0.3 is 5.97 Å². The van der Waals surface area contributed by atoms with Crippen LogP contribution in [-0.4, -0.2) is 28.0 Å². The van der Waals surface area contributed by atoms with E-state index >= 15 is 0 Å². The van der Waals surface area contributed by atoms with E-state index in [0.717, 1.165) is 10.7 Å². The minimum Gasteiger partial charge on any atom is -0.481 e. The van der Waals surface area contributed by atoms with E-state index in [4.69, 9.17) is 5.11 Å². The van der Waals surface area contributed by atoms with Gasteiger partial charge < -0.3 is 10.4 Å². The molecule has 0 saturated carbocycles. The van der Waals surface area contributed by atoms with Crippen molar-refractivity contribution >= 4 is 23.2 Å². The highest BCUT2D eigenvalue weighted by atomic mass is 32.1. The van der Waals surface area contributed by atoms with Gasteiger partial charge in [-0.25, -0.2) is 4.98 Å². The predicted molar refractivity (Wildman–Crippen MR) is 69.6 cm³/mol. The van der Waals surface area contributed by atoms with Crippen molar-refractivity contribution in [2.45, 2.75) is 39.7 Å². The predicted octanol–water partition coefficient (Wildman–Crippen LogP) is 1.61. The third kappa shape index (κ3) is 4.83. The Kier molecular flexibility index (Phi) is 5.27. The molecule has 0 fully saturated rings. The summed E-state index contributed by atoms with van der Waals surface area (Å²) in [4.78, 5) is 26.7. The number of hydrogen-bond acceptors (Lipinski definition) is 4. The summed E-state index contributed by atoms with van der Waals surface area (Å²) < 4.78 is 0. The summed E-state index contributed by atoms with van der Waals surface area (Å²) in [6.45, 7) is 5.66. The zero-order valence-electron chi connectivity index (χ0n) is 10.8.